The van der Waals surface area contributed by atoms with E-state index in [0.717, 1.165) is 48.9 Å². The number of aryl methyl sites for hydroxylation is 1. The molecule has 1 saturated carbocycles. The van der Waals surface area contributed by atoms with E-state index in [-0.39, 0.29) is 18.3 Å². The van der Waals surface area contributed by atoms with Gasteiger partial charge in [0.2, 0.25) is 0 Å². The van der Waals surface area contributed by atoms with Crippen molar-refractivity contribution in [3.05, 3.63) is 58.9 Å². The van der Waals surface area contributed by atoms with E-state index < -0.39 is 0 Å². The summed E-state index contributed by atoms with van der Waals surface area (Å²) in [7, 11) is 0. The summed E-state index contributed by atoms with van der Waals surface area (Å²) >= 11 is 0. The third kappa shape index (κ3) is 4.82. The van der Waals surface area contributed by atoms with Crippen LogP contribution in [0.1, 0.15) is 59.4 Å². The van der Waals surface area contributed by atoms with Gasteiger partial charge in [-0.3, -0.25) is 4.79 Å². The molecule has 0 aliphatic heterocycles. The summed E-state index contributed by atoms with van der Waals surface area (Å²) in [5.41, 5.74) is 9.94. The summed E-state index contributed by atoms with van der Waals surface area (Å²) in [5.74, 6) is 0.416. The van der Waals surface area contributed by atoms with Crippen LogP contribution in [0.4, 0.5) is 0 Å². The van der Waals surface area contributed by atoms with Gasteiger partial charge in [0.05, 0.1) is 16.6 Å². The molecule has 1 aromatic carbocycles. The van der Waals surface area contributed by atoms with Gasteiger partial charge in [-0.25, -0.2) is 4.98 Å². The van der Waals surface area contributed by atoms with E-state index in [1.54, 1.807) is 0 Å². The fourth-order valence-electron chi connectivity index (χ4n) is 3.74. The van der Waals surface area contributed by atoms with Crippen LogP contribution in [0.3, 0.4) is 0 Å². The molecule has 0 unspecified atom stereocenters. The first-order valence-corrected chi connectivity index (χ1v) is 10.5. The summed E-state index contributed by atoms with van der Waals surface area (Å²) in [4.78, 5) is 20.1. The minimum Gasteiger partial charge on any atom is -0.337 e. The van der Waals surface area contributed by atoms with Gasteiger partial charge in [-0.2, -0.15) is 0 Å². The highest BCUT2D eigenvalue weighted by Crippen LogP contribution is 2.40. The van der Waals surface area contributed by atoms with Gasteiger partial charge in [0.25, 0.3) is 11.6 Å². The van der Waals surface area contributed by atoms with Gasteiger partial charge < -0.3 is 15.2 Å². The van der Waals surface area contributed by atoms with Crippen molar-refractivity contribution in [1.29, 1.82) is 0 Å². The van der Waals surface area contributed by atoms with E-state index >= 15 is 0 Å². The van der Waals surface area contributed by atoms with E-state index in [2.05, 4.69) is 29.2 Å². The zero-order valence-electron chi connectivity index (χ0n) is 17.3. The number of hydrogen-bond donors (Lipinski definition) is 1. The van der Waals surface area contributed by atoms with E-state index in [4.69, 9.17) is 10.3 Å². The third-order valence-corrected chi connectivity index (χ3v) is 5.45. The molecule has 1 fully saturated rings. The third-order valence-electron chi connectivity index (χ3n) is 5.45. The summed E-state index contributed by atoms with van der Waals surface area (Å²) in [6.45, 7) is 3.66. The molecule has 1 amide bonds. The first-order valence-electron chi connectivity index (χ1n) is 10.5. The molecular weight excluding hydrogens is 400 g/mol. The molecule has 160 valence electrons. The molecule has 6 nitrogen and oxygen atoms in total. The monoisotopic (exact) mass is 428 g/mol. The number of nitrogens with zero attached hydrogens (tertiary/aromatic N) is 3. The van der Waals surface area contributed by atoms with Gasteiger partial charge in [0, 0.05) is 31.2 Å². The van der Waals surface area contributed by atoms with Gasteiger partial charge in [0.1, 0.15) is 0 Å². The topological polar surface area (TPSA) is 85.2 Å². The molecule has 2 heterocycles. The van der Waals surface area contributed by atoms with Crippen LogP contribution in [-0.2, 0) is 12.8 Å². The van der Waals surface area contributed by atoms with Gasteiger partial charge in [-0.1, -0.05) is 48.8 Å². The molecule has 0 bridgehead atoms. The molecule has 1 aliphatic carbocycles. The van der Waals surface area contributed by atoms with Crippen molar-refractivity contribution >= 4 is 29.4 Å². The molecule has 0 atom stereocenters. The van der Waals surface area contributed by atoms with Crippen molar-refractivity contribution in [2.24, 2.45) is 5.73 Å². The second-order valence-corrected chi connectivity index (χ2v) is 7.74. The van der Waals surface area contributed by atoms with Gasteiger partial charge >= 0.3 is 0 Å². The highest BCUT2D eigenvalue weighted by Gasteiger charge is 2.30. The van der Waals surface area contributed by atoms with Crippen LogP contribution in [0.15, 0.2) is 40.9 Å². The number of aromatic nitrogens is 2. The first kappa shape index (κ1) is 22.2. The summed E-state index contributed by atoms with van der Waals surface area (Å²) < 4.78 is 5.52. The zero-order valence-corrected chi connectivity index (χ0v) is 18.2. The molecule has 2 aromatic heterocycles. The largest absolute Gasteiger partial charge is 0.337 e. The van der Waals surface area contributed by atoms with Crippen LogP contribution < -0.4 is 5.73 Å². The van der Waals surface area contributed by atoms with E-state index in [1.165, 1.54) is 5.56 Å². The smallest absolute Gasteiger partial charge is 0.259 e. The molecule has 7 heteroatoms. The molecule has 2 N–H and O–H groups in total. The van der Waals surface area contributed by atoms with Crippen LogP contribution in [0.25, 0.3) is 11.1 Å². The Morgan fingerprint density at radius 2 is 1.97 bits per heavy atom. The van der Waals surface area contributed by atoms with Crippen LogP contribution >= 0.6 is 12.4 Å². The number of halogens is 1. The lowest BCUT2D eigenvalue weighted by Gasteiger charge is -2.23. The molecule has 1 aliphatic rings. The van der Waals surface area contributed by atoms with E-state index in [1.807, 2.05) is 29.2 Å². The van der Waals surface area contributed by atoms with Crippen LogP contribution in [-0.4, -0.2) is 40.6 Å². The number of amides is 1. The van der Waals surface area contributed by atoms with Crippen molar-refractivity contribution in [2.45, 2.75) is 44.9 Å². The molecule has 30 heavy (non-hydrogen) atoms. The summed E-state index contributed by atoms with van der Waals surface area (Å²) in [5, 5.41) is 4.98. The van der Waals surface area contributed by atoms with Crippen molar-refractivity contribution in [1.82, 2.24) is 15.0 Å². The minimum atomic E-state index is -0.0127. The molecule has 4 rings (SSSR count). The average Bonchev–Trinajstić information content (AvgIpc) is 3.53. The van der Waals surface area contributed by atoms with Gasteiger partial charge in [-0.05, 0) is 37.3 Å². The maximum Gasteiger partial charge on any atom is 0.259 e. The highest BCUT2D eigenvalue weighted by molar-refractivity contribution is 6.06. The Hall–Kier alpha value is -2.44. The minimum absolute atomic E-state index is 0. The lowest BCUT2D eigenvalue weighted by atomic mass is 10.0. The highest BCUT2D eigenvalue weighted by atomic mass is 35.5. The first-order chi connectivity index (χ1) is 14.2. The molecule has 0 saturated heterocycles. The standard InChI is InChI=1S/C23H28N4O2.ClH/c1-2-6-19-21-18(15-20(17-9-10-17)25-22(21)29-26-19)23(28)27(14-12-24)13-11-16-7-4-3-5-8-16;/h3-5,7-8,15,17H,2,6,9-14,24H2,1H3;1H. The fraction of sp³-hybridized carbons (Fsp3) is 0.435. The fourth-order valence-corrected chi connectivity index (χ4v) is 3.74. The van der Waals surface area contributed by atoms with Crippen LogP contribution in [0, 0.1) is 0 Å². The lowest BCUT2D eigenvalue weighted by molar-refractivity contribution is 0.0763. The molecule has 3 aromatic rings. The zero-order chi connectivity index (χ0) is 20.2. The number of carbonyl (C=O) groups is 1. The van der Waals surface area contributed by atoms with Gasteiger partial charge in [-0.15, -0.1) is 12.4 Å². The Morgan fingerprint density at radius 3 is 2.63 bits per heavy atom. The SMILES string of the molecule is CCCc1noc2nc(C3CC3)cc(C(=O)N(CCN)CCc3ccccc3)c12.Cl. The van der Waals surface area contributed by atoms with Crippen molar-refractivity contribution in [3.63, 3.8) is 0 Å². The predicted molar refractivity (Wildman–Crippen MR) is 120 cm³/mol. The molecule has 0 spiro atoms. The quantitative estimate of drug-likeness (QED) is 0.554. The van der Waals surface area contributed by atoms with Gasteiger partial charge in [0.15, 0.2) is 0 Å². The average molecular weight is 429 g/mol. The number of rotatable bonds is 9. The van der Waals surface area contributed by atoms with Crippen molar-refractivity contribution < 1.29 is 9.32 Å². The van der Waals surface area contributed by atoms with E-state index in [9.17, 15) is 4.79 Å². The predicted octanol–water partition coefficient (Wildman–Crippen LogP) is 4.12. The van der Waals surface area contributed by atoms with Crippen molar-refractivity contribution in [2.75, 3.05) is 19.6 Å². The lowest BCUT2D eigenvalue weighted by Crippen LogP contribution is -2.37. The van der Waals surface area contributed by atoms with Crippen LogP contribution in [0.5, 0.6) is 0 Å². The number of hydrogen-bond acceptors (Lipinski definition) is 5. The Labute approximate surface area is 183 Å². The summed E-state index contributed by atoms with van der Waals surface area (Å²) in [6, 6.07) is 12.2. The Morgan fingerprint density at radius 1 is 1.20 bits per heavy atom. The number of carbonyl (C=O) groups excluding carboxylic acids is 1. The number of benzene rings is 1. The number of nitrogens with two attached hydrogens (primary N) is 1. The second kappa shape index (κ2) is 10.0. The Kier molecular flexibility index (Phi) is 7.45. The number of pyridine rings is 1. The molecular formula is C23H29ClN4O2. The number of fused-ring (bicyclic) bond motifs is 1. The maximum atomic E-state index is 13.6. The van der Waals surface area contributed by atoms with Crippen LogP contribution in [0.2, 0.25) is 0 Å². The maximum absolute atomic E-state index is 13.6. The molecule has 0 radical (unpaired) electrons. The Balaban J connectivity index is 0.00000256. The normalized spacial score (nSPS) is 13.3. The van der Waals surface area contributed by atoms with Crippen molar-refractivity contribution in [3.8, 4) is 0 Å². The Bertz CT molecular complexity index is 986. The van der Waals surface area contributed by atoms with E-state index in [0.29, 0.717) is 36.8 Å². The second-order valence-electron chi connectivity index (χ2n) is 7.74. The summed E-state index contributed by atoms with van der Waals surface area (Å²) in [6.07, 6.45) is 4.71.